The van der Waals surface area contributed by atoms with Crippen LogP contribution in [0.2, 0.25) is 0 Å². The van der Waals surface area contributed by atoms with Crippen molar-refractivity contribution in [3.63, 3.8) is 0 Å². The zero-order chi connectivity index (χ0) is 13.1. The summed E-state index contributed by atoms with van der Waals surface area (Å²) in [5, 5.41) is 0. The Labute approximate surface area is 101 Å². The molecule has 0 N–H and O–H groups in total. The molecular weight excluding hydrogens is 267 g/mol. The summed E-state index contributed by atoms with van der Waals surface area (Å²) in [6.07, 6.45) is 1.63. The van der Waals surface area contributed by atoms with Crippen molar-refractivity contribution in [3.05, 3.63) is 30.3 Å². The van der Waals surface area contributed by atoms with Crippen LogP contribution >= 0.6 is 0 Å². The second kappa shape index (κ2) is 5.17. The molecule has 0 heterocycles. The minimum absolute atomic E-state index is 0.295. The molecule has 17 heavy (non-hydrogen) atoms. The van der Waals surface area contributed by atoms with Crippen molar-refractivity contribution < 1.29 is 25.0 Å². The average Bonchev–Trinajstić information content (AvgIpc) is 2.14. The second-order valence-corrected chi connectivity index (χ2v) is 6.54. The maximum atomic E-state index is 11.0. The molecule has 0 bridgehead atoms. The van der Waals surface area contributed by atoms with Crippen molar-refractivity contribution >= 4 is 32.8 Å². The highest BCUT2D eigenvalue weighted by Crippen LogP contribution is 2.01. The van der Waals surface area contributed by atoms with Crippen molar-refractivity contribution in [2.75, 3.05) is 12.5 Å². The Morgan fingerprint density at radius 1 is 0.882 bits per heavy atom. The molecule has 0 aliphatic carbocycles. The molecule has 94 valence electrons. The Hall–Kier alpha value is -0.895. The number of hydrogen-bond acceptors (Lipinski definition) is 6. The Morgan fingerprint density at radius 2 is 1.29 bits per heavy atom. The predicted molar refractivity (Wildman–Crippen MR) is 63.7 cm³/mol. The van der Waals surface area contributed by atoms with E-state index in [0.29, 0.717) is 5.46 Å². The molecule has 0 aliphatic heterocycles. The maximum absolute atomic E-state index is 11.0. The fourth-order valence-corrected chi connectivity index (χ4v) is 2.04. The van der Waals surface area contributed by atoms with E-state index in [4.69, 9.17) is 0 Å². The summed E-state index contributed by atoms with van der Waals surface area (Å²) in [4.78, 5) is 0. The van der Waals surface area contributed by atoms with Crippen LogP contribution in [-0.2, 0) is 28.4 Å². The summed E-state index contributed by atoms with van der Waals surface area (Å²) in [7, 11) is -9.17. The molecule has 0 fully saturated rings. The van der Waals surface area contributed by atoms with Crippen LogP contribution in [0.4, 0.5) is 0 Å². The van der Waals surface area contributed by atoms with Gasteiger partial charge >= 0.3 is 7.12 Å². The normalized spacial score (nSPS) is 12.4. The largest absolute Gasteiger partial charge is 0.524 e. The Balaban J connectivity index is 3.03. The minimum Gasteiger partial charge on any atom is -0.293 e. The Kier molecular flexibility index (Phi) is 4.31. The van der Waals surface area contributed by atoms with Crippen molar-refractivity contribution in [2.45, 2.75) is 0 Å². The van der Waals surface area contributed by atoms with Crippen LogP contribution in [0, 0.1) is 0 Å². The first-order valence-corrected chi connectivity index (χ1v) is 8.12. The molecule has 0 amide bonds. The summed E-state index contributed by atoms with van der Waals surface area (Å²) >= 11 is 0. The highest BCUT2D eigenvalue weighted by atomic mass is 32.2. The summed E-state index contributed by atoms with van der Waals surface area (Å²) in [6, 6.07) is 7.92. The molecule has 0 spiro atoms. The Bertz CT molecular complexity index is 531. The van der Waals surface area contributed by atoms with Crippen molar-refractivity contribution in [1.82, 2.24) is 0 Å². The SMILES string of the molecule is CS(=O)(=O)OB(OS(C)(=O)=O)c1ccccc1. The van der Waals surface area contributed by atoms with Crippen molar-refractivity contribution in [3.8, 4) is 0 Å². The van der Waals surface area contributed by atoms with Gasteiger partial charge in [0.25, 0.3) is 20.2 Å². The number of hydrogen-bond donors (Lipinski definition) is 0. The van der Waals surface area contributed by atoms with E-state index in [1.54, 1.807) is 18.2 Å². The van der Waals surface area contributed by atoms with Gasteiger partial charge in [0.15, 0.2) is 0 Å². The first-order chi connectivity index (χ1) is 7.67. The fourth-order valence-electron chi connectivity index (χ4n) is 1.05. The molecule has 6 nitrogen and oxygen atoms in total. The molecule has 0 atom stereocenters. The van der Waals surface area contributed by atoms with Gasteiger partial charge in [-0.05, 0) is 5.46 Å². The third kappa shape index (κ3) is 5.82. The molecule has 0 saturated heterocycles. The lowest BCUT2D eigenvalue weighted by atomic mass is 9.80. The van der Waals surface area contributed by atoms with E-state index < -0.39 is 27.4 Å². The van der Waals surface area contributed by atoms with Gasteiger partial charge in [0.05, 0.1) is 12.5 Å². The van der Waals surface area contributed by atoms with E-state index in [0.717, 1.165) is 12.5 Å². The molecule has 0 unspecified atom stereocenters. The lowest BCUT2D eigenvalue weighted by Crippen LogP contribution is -2.40. The zero-order valence-electron chi connectivity index (χ0n) is 9.23. The lowest BCUT2D eigenvalue weighted by molar-refractivity contribution is 0.422. The van der Waals surface area contributed by atoms with E-state index in [1.807, 2.05) is 0 Å². The topological polar surface area (TPSA) is 86.7 Å². The summed E-state index contributed by atoms with van der Waals surface area (Å²) in [6.45, 7) is 0. The van der Waals surface area contributed by atoms with Gasteiger partial charge < -0.3 is 0 Å². The molecule has 1 aromatic rings. The number of benzene rings is 1. The maximum Gasteiger partial charge on any atom is 0.524 e. The molecular formula is C8H11BO6S2. The molecule has 1 aromatic carbocycles. The van der Waals surface area contributed by atoms with Crippen LogP contribution in [0.25, 0.3) is 0 Å². The molecule has 0 aromatic heterocycles. The summed E-state index contributed by atoms with van der Waals surface area (Å²) < 4.78 is 53.2. The third-order valence-electron chi connectivity index (χ3n) is 1.60. The highest BCUT2D eigenvalue weighted by molar-refractivity contribution is 7.88. The van der Waals surface area contributed by atoms with Gasteiger partial charge in [-0.15, -0.1) is 0 Å². The van der Waals surface area contributed by atoms with Crippen LogP contribution in [0.3, 0.4) is 0 Å². The Morgan fingerprint density at radius 3 is 1.65 bits per heavy atom. The van der Waals surface area contributed by atoms with Crippen LogP contribution in [0.5, 0.6) is 0 Å². The molecule has 0 aliphatic rings. The monoisotopic (exact) mass is 278 g/mol. The average molecular weight is 278 g/mol. The van der Waals surface area contributed by atoms with Crippen molar-refractivity contribution in [2.24, 2.45) is 0 Å². The van der Waals surface area contributed by atoms with E-state index in [9.17, 15) is 16.8 Å². The zero-order valence-corrected chi connectivity index (χ0v) is 10.9. The van der Waals surface area contributed by atoms with Crippen molar-refractivity contribution in [1.29, 1.82) is 0 Å². The smallest absolute Gasteiger partial charge is 0.293 e. The first-order valence-electron chi connectivity index (χ1n) is 4.49. The lowest BCUT2D eigenvalue weighted by Gasteiger charge is -2.11. The van der Waals surface area contributed by atoms with Gasteiger partial charge in [0, 0.05) is 0 Å². The fraction of sp³-hybridized carbons (Fsp3) is 0.250. The van der Waals surface area contributed by atoms with Crippen LogP contribution in [-0.4, -0.2) is 36.5 Å². The molecule has 0 saturated carbocycles. The minimum atomic E-state index is -3.83. The van der Waals surface area contributed by atoms with Gasteiger partial charge in [0.1, 0.15) is 0 Å². The van der Waals surface area contributed by atoms with Gasteiger partial charge in [-0.1, -0.05) is 30.3 Å². The van der Waals surface area contributed by atoms with Gasteiger partial charge in [-0.25, -0.2) is 16.8 Å². The number of rotatable bonds is 5. The van der Waals surface area contributed by atoms with Crippen LogP contribution in [0.15, 0.2) is 30.3 Å². The van der Waals surface area contributed by atoms with Crippen LogP contribution in [0.1, 0.15) is 0 Å². The third-order valence-corrected chi connectivity index (χ3v) is 2.64. The summed E-state index contributed by atoms with van der Waals surface area (Å²) in [5.41, 5.74) is 0.295. The quantitative estimate of drug-likeness (QED) is 0.664. The summed E-state index contributed by atoms with van der Waals surface area (Å²) in [5.74, 6) is 0. The van der Waals surface area contributed by atoms with E-state index >= 15 is 0 Å². The molecule has 0 radical (unpaired) electrons. The highest BCUT2D eigenvalue weighted by Gasteiger charge is 2.30. The van der Waals surface area contributed by atoms with Crippen LogP contribution < -0.4 is 5.46 Å². The van der Waals surface area contributed by atoms with Gasteiger partial charge in [-0.3, -0.25) is 8.20 Å². The second-order valence-electron chi connectivity index (χ2n) is 3.34. The molecule has 9 heteroatoms. The first kappa shape index (κ1) is 14.2. The standard InChI is InChI=1S/C8H11BO6S2/c1-16(10,11)14-9(15-17(2,12)13)8-6-4-3-5-7-8/h3-7H,1-2H3. The molecule has 1 rings (SSSR count). The van der Waals surface area contributed by atoms with E-state index in [1.165, 1.54) is 12.1 Å². The van der Waals surface area contributed by atoms with E-state index in [2.05, 4.69) is 8.20 Å². The van der Waals surface area contributed by atoms with Gasteiger partial charge in [0.2, 0.25) is 0 Å². The van der Waals surface area contributed by atoms with Gasteiger partial charge in [-0.2, -0.15) is 0 Å². The predicted octanol–water partition coefficient (Wildman–Crippen LogP) is -0.666. The van der Waals surface area contributed by atoms with E-state index in [-0.39, 0.29) is 0 Å².